The summed E-state index contributed by atoms with van der Waals surface area (Å²) in [6.07, 6.45) is 0. The molecule has 0 aromatic heterocycles. The van der Waals surface area contributed by atoms with Crippen LogP contribution in [0.2, 0.25) is 0 Å². The number of amides is 1. The predicted molar refractivity (Wildman–Crippen MR) is 65.0 cm³/mol. The van der Waals surface area contributed by atoms with E-state index < -0.39 is 29.5 Å². The van der Waals surface area contributed by atoms with Crippen molar-refractivity contribution in [3.05, 3.63) is 35.6 Å². The van der Waals surface area contributed by atoms with E-state index >= 15 is 0 Å². The summed E-state index contributed by atoms with van der Waals surface area (Å²) in [6, 6.07) is 3.42. The number of ether oxygens (including phenoxy) is 1. The highest BCUT2D eigenvalue weighted by Gasteiger charge is 2.29. The molecule has 0 bridgehead atoms. The molecule has 0 aliphatic heterocycles. The van der Waals surface area contributed by atoms with E-state index in [0.29, 0.717) is 0 Å². The van der Waals surface area contributed by atoms with Crippen molar-refractivity contribution in [3.8, 4) is 0 Å². The third-order valence-electron chi connectivity index (χ3n) is 2.24. The van der Waals surface area contributed by atoms with E-state index in [0.717, 1.165) is 6.07 Å². The van der Waals surface area contributed by atoms with E-state index in [1.165, 1.54) is 25.1 Å². The number of halogens is 1. The molecule has 0 aliphatic carbocycles. The minimum Gasteiger partial charge on any atom is -0.464 e. The number of nitrogens with one attached hydrogen (secondary N) is 1. The van der Waals surface area contributed by atoms with Crippen LogP contribution in [0.4, 0.5) is 4.39 Å². The van der Waals surface area contributed by atoms with Crippen molar-refractivity contribution < 1.29 is 23.5 Å². The Morgan fingerprint density at radius 3 is 2.58 bits per heavy atom. The first-order valence-corrected chi connectivity index (χ1v) is 5.69. The molecule has 0 radical (unpaired) electrons. The second-order valence-corrected chi connectivity index (χ2v) is 3.76. The molecule has 1 unspecified atom stereocenters. The maximum absolute atomic E-state index is 13.0. The molecule has 1 rings (SSSR count). The number of carbonyl (C=O) groups is 3. The number of rotatable bonds is 5. The summed E-state index contributed by atoms with van der Waals surface area (Å²) in [5, 5.41) is 2.20. The first kappa shape index (κ1) is 14.8. The van der Waals surface area contributed by atoms with Gasteiger partial charge in [-0.3, -0.25) is 9.59 Å². The predicted octanol–water partition coefficient (Wildman–Crippen LogP) is 1.08. The minimum atomic E-state index is -1.46. The van der Waals surface area contributed by atoms with Gasteiger partial charge in [0, 0.05) is 12.5 Å². The van der Waals surface area contributed by atoms with Crippen LogP contribution in [0, 0.1) is 5.82 Å². The Kier molecular flexibility index (Phi) is 5.17. The van der Waals surface area contributed by atoms with Crippen molar-refractivity contribution in [2.24, 2.45) is 0 Å². The lowest BCUT2D eigenvalue weighted by Gasteiger charge is -2.15. The van der Waals surface area contributed by atoms with E-state index in [4.69, 9.17) is 4.74 Å². The van der Waals surface area contributed by atoms with Crippen molar-refractivity contribution >= 4 is 17.7 Å². The molecule has 102 valence electrons. The normalized spacial score (nSPS) is 11.5. The fraction of sp³-hybridized carbons (Fsp3) is 0.308. The fourth-order valence-corrected chi connectivity index (χ4v) is 1.47. The summed E-state index contributed by atoms with van der Waals surface area (Å²) in [5.74, 6) is -2.74. The number of carbonyl (C=O) groups excluding carboxylic acids is 3. The lowest BCUT2D eigenvalue weighted by atomic mass is 10.0. The average molecular weight is 267 g/mol. The van der Waals surface area contributed by atoms with Crippen LogP contribution >= 0.6 is 0 Å². The lowest BCUT2D eigenvalue weighted by molar-refractivity contribution is -0.145. The van der Waals surface area contributed by atoms with Gasteiger partial charge in [0.1, 0.15) is 5.82 Å². The summed E-state index contributed by atoms with van der Waals surface area (Å²) in [5.41, 5.74) is -0.00759. The first-order chi connectivity index (χ1) is 8.95. The van der Waals surface area contributed by atoms with E-state index in [-0.39, 0.29) is 12.2 Å². The zero-order chi connectivity index (χ0) is 14.4. The van der Waals surface area contributed by atoms with Crippen LogP contribution in [-0.4, -0.2) is 30.3 Å². The molecular formula is C13H14FNO4. The topological polar surface area (TPSA) is 72.5 Å². The number of Topliss-reactive ketones (excluding diaryl/α,β-unsaturated/α-hetero) is 1. The van der Waals surface area contributed by atoms with Gasteiger partial charge in [0.05, 0.1) is 6.61 Å². The smallest absolute Gasteiger partial charge is 0.336 e. The fourth-order valence-electron chi connectivity index (χ4n) is 1.47. The monoisotopic (exact) mass is 267 g/mol. The summed E-state index contributed by atoms with van der Waals surface area (Å²) in [6.45, 7) is 2.83. The molecule has 19 heavy (non-hydrogen) atoms. The SMILES string of the molecule is CCOC(=O)C(NC(C)=O)C(=O)c1cccc(F)c1. The van der Waals surface area contributed by atoms with Gasteiger partial charge in [-0.25, -0.2) is 9.18 Å². The molecule has 1 aromatic rings. The van der Waals surface area contributed by atoms with Crippen LogP contribution in [-0.2, 0) is 14.3 Å². The summed E-state index contributed by atoms with van der Waals surface area (Å²) in [7, 11) is 0. The van der Waals surface area contributed by atoms with Crippen LogP contribution in [0.25, 0.3) is 0 Å². The quantitative estimate of drug-likeness (QED) is 0.492. The molecule has 1 N–H and O–H groups in total. The summed E-state index contributed by atoms with van der Waals surface area (Å²) in [4.78, 5) is 34.7. The Hall–Kier alpha value is -2.24. The molecule has 0 aliphatic rings. The van der Waals surface area contributed by atoms with Crippen molar-refractivity contribution in [3.63, 3.8) is 0 Å². The number of esters is 1. The third kappa shape index (κ3) is 4.17. The largest absolute Gasteiger partial charge is 0.464 e. The molecule has 1 aromatic carbocycles. The maximum atomic E-state index is 13.0. The Balaban J connectivity index is 3.00. The Morgan fingerprint density at radius 1 is 1.37 bits per heavy atom. The van der Waals surface area contributed by atoms with Crippen LogP contribution in [0.15, 0.2) is 24.3 Å². The molecule has 6 heteroatoms. The van der Waals surface area contributed by atoms with Gasteiger partial charge in [0.25, 0.3) is 0 Å². The van der Waals surface area contributed by atoms with Gasteiger partial charge in [0.15, 0.2) is 11.8 Å². The van der Waals surface area contributed by atoms with Crippen molar-refractivity contribution in [2.45, 2.75) is 19.9 Å². The molecule has 0 saturated heterocycles. The van der Waals surface area contributed by atoms with Crippen molar-refractivity contribution in [2.75, 3.05) is 6.61 Å². The zero-order valence-electron chi connectivity index (χ0n) is 10.6. The molecule has 0 spiro atoms. The Morgan fingerprint density at radius 2 is 2.05 bits per heavy atom. The molecule has 1 amide bonds. The van der Waals surface area contributed by atoms with E-state index in [1.54, 1.807) is 6.92 Å². The van der Waals surface area contributed by atoms with Crippen molar-refractivity contribution in [1.82, 2.24) is 5.32 Å². The number of ketones is 1. The second-order valence-electron chi connectivity index (χ2n) is 3.76. The zero-order valence-corrected chi connectivity index (χ0v) is 10.6. The molecular weight excluding hydrogens is 253 g/mol. The molecule has 5 nitrogen and oxygen atoms in total. The average Bonchev–Trinajstić information content (AvgIpc) is 2.35. The van der Waals surface area contributed by atoms with Crippen LogP contribution in [0.3, 0.4) is 0 Å². The molecule has 0 fully saturated rings. The molecule has 1 atom stereocenters. The Bertz CT molecular complexity index is 501. The number of benzene rings is 1. The van der Waals surface area contributed by atoms with Gasteiger partial charge in [-0.2, -0.15) is 0 Å². The standard InChI is InChI=1S/C13H14FNO4/c1-3-19-13(18)11(15-8(2)16)12(17)9-5-4-6-10(14)7-9/h4-7,11H,3H2,1-2H3,(H,15,16). The number of hydrogen-bond donors (Lipinski definition) is 1. The van der Waals surface area contributed by atoms with Crippen molar-refractivity contribution in [1.29, 1.82) is 0 Å². The minimum absolute atomic E-state index is 0.00759. The molecule has 0 heterocycles. The summed E-state index contributed by atoms with van der Waals surface area (Å²) >= 11 is 0. The van der Waals surface area contributed by atoms with Crippen LogP contribution in [0.1, 0.15) is 24.2 Å². The van der Waals surface area contributed by atoms with Gasteiger partial charge in [0.2, 0.25) is 5.91 Å². The summed E-state index contributed by atoms with van der Waals surface area (Å²) < 4.78 is 17.8. The highest BCUT2D eigenvalue weighted by molar-refractivity contribution is 6.13. The van der Waals surface area contributed by atoms with E-state index in [9.17, 15) is 18.8 Å². The molecule has 0 saturated carbocycles. The van der Waals surface area contributed by atoms with Crippen LogP contribution in [0.5, 0.6) is 0 Å². The maximum Gasteiger partial charge on any atom is 0.336 e. The van der Waals surface area contributed by atoms with Gasteiger partial charge < -0.3 is 10.1 Å². The highest BCUT2D eigenvalue weighted by atomic mass is 19.1. The van der Waals surface area contributed by atoms with Gasteiger partial charge >= 0.3 is 5.97 Å². The van der Waals surface area contributed by atoms with Gasteiger partial charge in [-0.1, -0.05) is 12.1 Å². The van der Waals surface area contributed by atoms with Gasteiger partial charge in [-0.05, 0) is 19.1 Å². The Labute approximate surface area is 109 Å². The second kappa shape index (κ2) is 6.63. The third-order valence-corrected chi connectivity index (χ3v) is 2.24. The van der Waals surface area contributed by atoms with E-state index in [1.807, 2.05) is 0 Å². The first-order valence-electron chi connectivity index (χ1n) is 5.69. The van der Waals surface area contributed by atoms with E-state index in [2.05, 4.69) is 5.32 Å². The lowest BCUT2D eigenvalue weighted by Crippen LogP contribution is -2.46. The highest BCUT2D eigenvalue weighted by Crippen LogP contribution is 2.08. The van der Waals surface area contributed by atoms with Gasteiger partial charge in [-0.15, -0.1) is 0 Å². The van der Waals surface area contributed by atoms with Crippen LogP contribution < -0.4 is 5.32 Å². The number of hydrogen-bond acceptors (Lipinski definition) is 4.